The molecular formula is C22H19N7O3. The van der Waals surface area contributed by atoms with Gasteiger partial charge in [0, 0.05) is 11.9 Å². The normalized spacial score (nSPS) is 11.2. The number of aryl methyl sites for hydroxylation is 1. The highest BCUT2D eigenvalue weighted by atomic mass is 16.5. The van der Waals surface area contributed by atoms with Gasteiger partial charge in [0.05, 0.1) is 35.9 Å². The molecule has 0 unspecified atom stereocenters. The first-order chi connectivity index (χ1) is 15.5. The van der Waals surface area contributed by atoms with Crippen LogP contribution in [0.1, 0.15) is 21.5 Å². The Hall–Kier alpha value is -4.47. The van der Waals surface area contributed by atoms with E-state index in [1.54, 1.807) is 22.8 Å². The van der Waals surface area contributed by atoms with Crippen molar-refractivity contribution in [3.63, 3.8) is 0 Å². The number of nitrogens with one attached hydrogen (secondary N) is 1. The molecule has 0 amide bonds. The Morgan fingerprint density at radius 1 is 1.19 bits per heavy atom. The van der Waals surface area contributed by atoms with Crippen LogP contribution in [0.2, 0.25) is 0 Å². The lowest BCUT2D eigenvalue weighted by Crippen LogP contribution is -2.07. The summed E-state index contributed by atoms with van der Waals surface area (Å²) in [6.45, 7) is 2.42. The van der Waals surface area contributed by atoms with E-state index in [9.17, 15) is 9.90 Å². The lowest BCUT2D eigenvalue weighted by molar-refractivity contribution is 0.0698. The fraction of sp³-hybridized carbons (Fsp3) is 0.136. The molecule has 0 aliphatic rings. The molecule has 160 valence electrons. The quantitative estimate of drug-likeness (QED) is 0.425. The minimum Gasteiger partial charge on any atom is -0.478 e. The molecule has 0 saturated heterocycles. The first kappa shape index (κ1) is 19.5. The fourth-order valence-electron chi connectivity index (χ4n) is 3.84. The SMILES string of the molecule is COc1nc2cccc(C(=O)O)c2n1Cc1ccc(-n2cc(C)cc2-c2nnn[nH]2)cc1. The number of hydrogen-bond donors (Lipinski definition) is 2. The number of methoxy groups -OCH3 is 1. The average molecular weight is 429 g/mol. The molecule has 0 aliphatic carbocycles. The van der Waals surface area contributed by atoms with E-state index in [1.165, 1.54) is 7.11 Å². The van der Waals surface area contributed by atoms with Gasteiger partial charge in [0.25, 0.3) is 6.01 Å². The molecule has 0 spiro atoms. The summed E-state index contributed by atoms with van der Waals surface area (Å²) in [4.78, 5) is 16.2. The van der Waals surface area contributed by atoms with E-state index < -0.39 is 5.97 Å². The third-order valence-electron chi connectivity index (χ3n) is 5.24. The number of rotatable bonds is 6. The molecular weight excluding hydrogens is 410 g/mol. The number of ether oxygens (including phenoxy) is 1. The summed E-state index contributed by atoms with van der Waals surface area (Å²) >= 11 is 0. The molecule has 0 atom stereocenters. The largest absolute Gasteiger partial charge is 0.478 e. The van der Waals surface area contributed by atoms with Gasteiger partial charge in [0.15, 0.2) is 5.82 Å². The van der Waals surface area contributed by atoms with E-state index in [0.717, 1.165) is 22.5 Å². The van der Waals surface area contributed by atoms with Crippen LogP contribution in [-0.4, -0.2) is 52.9 Å². The maximum atomic E-state index is 11.7. The number of aromatic carboxylic acids is 1. The third-order valence-corrected chi connectivity index (χ3v) is 5.24. The minimum absolute atomic E-state index is 0.183. The highest BCUT2D eigenvalue weighted by Gasteiger charge is 2.18. The molecule has 0 radical (unpaired) electrons. The molecule has 10 heteroatoms. The number of aromatic amines is 1. The third kappa shape index (κ3) is 3.27. The van der Waals surface area contributed by atoms with Gasteiger partial charge in [-0.15, -0.1) is 5.10 Å². The second kappa shape index (κ2) is 7.65. The maximum Gasteiger partial charge on any atom is 0.337 e. The highest BCUT2D eigenvalue weighted by molar-refractivity contribution is 6.01. The van der Waals surface area contributed by atoms with Gasteiger partial charge in [-0.05, 0) is 58.8 Å². The molecule has 5 aromatic rings. The van der Waals surface area contributed by atoms with Crippen LogP contribution in [0, 0.1) is 6.92 Å². The molecule has 0 saturated carbocycles. The Kier molecular flexibility index (Phi) is 4.66. The Bertz CT molecular complexity index is 1420. The van der Waals surface area contributed by atoms with Crippen LogP contribution in [-0.2, 0) is 6.54 Å². The van der Waals surface area contributed by atoms with E-state index in [2.05, 4.69) is 25.6 Å². The molecule has 10 nitrogen and oxygen atoms in total. The van der Waals surface area contributed by atoms with Crippen molar-refractivity contribution in [1.82, 2.24) is 34.7 Å². The molecule has 0 bridgehead atoms. The van der Waals surface area contributed by atoms with Crippen molar-refractivity contribution >= 4 is 17.0 Å². The number of carboxylic acids is 1. The van der Waals surface area contributed by atoms with Crippen molar-refractivity contribution in [3.8, 4) is 23.2 Å². The van der Waals surface area contributed by atoms with Crippen LogP contribution >= 0.6 is 0 Å². The van der Waals surface area contributed by atoms with Gasteiger partial charge in [-0.1, -0.05) is 18.2 Å². The summed E-state index contributed by atoms with van der Waals surface area (Å²) in [7, 11) is 1.52. The Labute approximate surface area is 182 Å². The van der Waals surface area contributed by atoms with E-state index in [-0.39, 0.29) is 5.56 Å². The molecule has 2 N–H and O–H groups in total. The van der Waals surface area contributed by atoms with E-state index in [1.807, 2.05) is 48.0 Å². The number of benzene rings is 2. The maximum absolute atomic E-state index is 11.7. The number of para-hydroxylation sites is 1. The van der Waals surface area contributed by atoms with Gasteiger partial charge in [-0.25, -0.2) is 9.89 Å². The zero-order valence-electron chi connectivity index (χ0n) is 17.4. The van der Waals surface area contributed by atoms with Crippen LogP contribution in [0.15, 0.2) is 54.7 Å². The predicted molar refractivity (Wildman–Crippen MR) is 116 cm³/mol. The van der Waals surface area contributed by atoms with E-state index in [0.29, 0.717) is 29.4 Å². The summed E-state index contributed by atoms with van der Waals surface area (Å²) in [6, 6.07) is 15.3. The van der Waals surface area contributed by atoms with Gasteiger partial charge < -0.3 is 14.4 Å². The van der Waals surface area contributed by atoms with E-state index in [4.69, 9.17) is 4.74 Å². The van der Waals surface area contributed by atoms with Gasteiger partial charge >= 0.3 is 5.97 Å². The number of hydrogen-bond acceptors (Lipinski definition) is 6. The van der Waals surface area contributed by atoms with Gasteiger partial charge in [-0.3, -0.25) is 4.57 Å². The molecule has 0 fully saturated rings. The van der Waals surface area contributed by atoms with Crippen molar-refractivity contribution in [1.29, 1.82) is 0 Å². The summed E-state index contributed by atoms with van der Waals surface area (Å²) in [6.07, 6.45) is 2.01. The molecule has 3 heterocycles. The Morgan fingerprint density at radius 2 is 2.00 bits per heavy atom. The zero-order valence-corrected chi connectivity index (χ0v) is 17.4. The number of H-pyrrole nitrogens is 1. The van der Waals surface area contributed by atoms with E-state index >= 15 is 0 Å². The minimum atomic E-state index is -1.01. The molecule has 0 aliphatic heterocycles. The highest BCUT2D eigenvalue weighted by Crippen LogP contribution is 2.27. The first-order valence-corrected chi connectivity index (χ1v) is 9.84. The zero-order chi connectivity index (χ0) is 22.2. The van der Waals surface area contributed by atoms with Crippen LogP contribution in [0.3, 0.4) is 0 Å². The standard InChI is InChI=1S/C22H19N7O3/c1-13-10-18(20-24-26-27-25-20)28(11-13)15-8-6-14(7-9-15)12-29-19-16(21(30)31)4-3-5-17(19)23-22(29)32-2/h3-11H,12H2,1-2H3,(H,30,31)(H,24,25,26,27). The molecule has 2 aromatic carbocycles. The fourth-order valence-corrected chi connectivity index (χ4v) is 3.84. The molecule has 32 heavy (non-hydrogen) atoms. The predicted octanol–water partition coefficient (Wildman–Crippen LogP) is 3.07. The lowest BCUT2D eigenvalue weighted by Gasteiger charge is -2.11. The Morgan fingerprint density at radius 3 is 2.69 bits per heavy atom. The number of carbonyl (C=O) groups is 1. The van der Waals surface area contributed by atoms with Gasteiger partial charge in [-0.2, -0.15) is 4.98 Å². The second-order valence-corrected chi connectivity index (χ2v) is 7.35. The number of tetrazole rings is 1. The summed E-state index contributed by atoms with van der Waals surface area (Å²) in [5.74, 6) is -0.426. The number of fused-ring (bicyclic) bond motifs is 1. The number of nitrogens with zero attached hydrogens (tertiary/aromatic N) is 6. The van der Waals surface area contributed by atoms with Crippen molar-refractivity contribution in [2.24, 2.45) is 0 Å². The van der Waals surface area contributed by atoms with Crippen molar-refractivity contribution in [2.45, 2.75) is 13.5 Å². The summed E-state index contributed by atoms with van der Waals surface area (Å²) < 4.78 is 9.21. The number of imidazole rings is 1. The molecule has 5 rings (SSSR count). The van der Waals surface area contributed by atoms with Crippen molar-refractivity contribution in [2.75, 3.05) is 7.11 Å². The van der Waals surface area contributed by atoms with Crippen LogP contribution in [0.5, 0.6) is 6.01 Å². The monoisotopic (exact) mass is 429 g/mol. The first-order valence-electron chi connectivity index (χ1n) is 9.84. The number of aromatic nitrogens is 7. The second-order valence-electron chi connectivity index (χ2n) is 7.35. The molecule has 3 aromatic heterocycles. The van der Waals surface area contributed by atoms with Crippen LogP contribution in [0.4, 0.5) is 0 Å². The summed E-state index contributed by atoms with van der Waals surface area (Å²) in [5.41, 5.74) is 5.14. The lowest BCUT2D eigenvalue weighted by atomic mass is 10.1. The van der Waals surface area contributed by atoms with Crippen molar-refractivity contribution < 1.29 is 14.6 Å². The topological polar surface area (TPSA) is 124 Å². The van der Waals surface area contributed by atoms with Crippen molar-refractivity contribution in [3.05, 3.63) is 71.4 Å². The smallest absolute Gasteiger partial charge is 0.337 e. The average Bonchev–Trinajstić information content (AvgIpc) is 3.53. The van der Waals surface area contributed by atoms with Gasteiger partial charge in [0.1, 0.15) is 0 Å². The van der Waals surface area contributed by atoms with Crippen LogP contribution in [0.25, 0.3) is 28.2 Å². The summed E-state index contributed by atoms with van der Waals surface area (Å²) in [5, 5.41) is 23.8. The van der Waals surface area contributed by atoms with Gasteiger partial charge in [0.2, 0.25) is 0 Å². The Balaban J connectivity index is 1.52. The number of carboxylic acid groups (broad SMARTS) is 1. The van der Waals surface area contributed by atoms with Crippen LogP contribution < -0.4 is 4.74 Å².